The van der Waals surface area contributed by atoms with Crippen LogP contribution in [0.3, 0.4) is 0 Å². The van der Waals surface area contributed by atoms with Crippen molar-refractivity contribution in [3.8, 4) is 5.88 Å². The van der Waals surface area contributed by atoms with Crippen LogP contribution in [0.25, 0.3) is 0 Å². The molecule has 0 radical (unpaired) electrons. The third-order valence-corrected chi connectivity index (χ3v) is 3.80. The number of aromatic nitrogens is 1. The van der Waals surface area contributed by atoms with Crippen LogP contribution in [0.15, 0.2) is 18.3 Å². The fourth-order valence-electron chi connectivity index (χ4n) is 1.73. The van der Waals surface area contributed by atoms with E-state index < -0.39 is 59.2 Å². The predicted molar refractivity (Wildman–Crippen MR) is 70.5 cm³/mol. The molecule has 0 aliphatic carbocycles. The SMILES string of the molecule is FC(F)(F)C(F)(F)C(F)(F)C(F)(F)C(F)(F)C(F)(F)C(F)(F)COc1ncccc1Cl. The van der Waals surface area contributed by atoms with Crippen LogP contribution >= 0.6 is 11.6 Å². The molecule has 0 unspecified atom stereocenters. The lowest BCUT2D eigenvalue weighted by Gasteiger charge is -2.41. The second-order valence-corrected chi connectivity index (χ2v) is 6.06. The summed E-state index contributed by atoms with van der Waals surface area (Å²) in [4.78, 5) is 3.06. The molecular weight excluding hydrogens is 507 g/mol. The topological polar surface area (TPSA) is 22.1 Å². The van der Waals surface area contributed by atoms with Gasteiger partial charge in [0.2, 0.25) is 5.88 Å². The molecule has 0 fully saturated rings. The van der Waals surface area contributed by atoms with Crippen molar-refractivity contribution in [2.24, 2.45) is 0 Å². The fourth-order valence-corrected chi connectivity index (χ4v) is 1.90. The summed E-state index contributed by atoms with van der Waals surface area (Å²) in [7, 11) is 0. The molecule has 0 saturated heterocycles. The van der Waals surface area contributed by atoms with Crippen molar-refractivity contribution in [2.75, 3.05) is 6.61 Å². The van der Waals surface area contributed by atoms with E-state index in [9.17, 15) is 65.9 Å². The Morgan fingerprint density at radius 3 is 1.52 bits per heavy atom. The van der Waals surface area contributed by atoms with Gasteiger partial charge in [-0.25, -0.2) is 4.98 Å². The summed E-state index contributed by atoms with van der Waals surface area (Å²) >= 11 is 5.31. The number of pyridine rings is 1. The van der Waals surface area contributed by atoms with Gasteiger partial charge < -0.3 is 4.74 Å². The van der Waals surface area contributed by atoms with Crippen molar-refractivity contribution in [1.29, 1.82) is 0 Å². The van der Waals surface area contributed by atoms with Crippen LogP contribution < -0.4 is 4.74 Å². The molecule has 2 nitrogen and oxygen atoms in total. The summed E-state index contributed by atoms with van der Waals surface area (Å²) in [6, 6.07) is 1.86. The minimum Gasteiger partial charge on any atom is -0.470 e. The Labute approximate surface area is 165 Å². The third-order valence-electron chi connectivity index (χ3n) is 3.51. The van der Waals surface area contributed by atoms with Crippen molar-refractivity contribution in [3.05, 3.63) is 23.4 Å². The highest BCUT2D eigenvalue weighted by molar-refractivity contribution is 6.31. The summed E-state index contributed by atoms with van der Waals surface area (Å²) in [5, 5.41) is -0.699. The van der Waals surface area contributed by atoms with E-state index in [-0.39, 0.29) is 0 Å². The molecule has 0 bridgehead atoms. The van der Waals surface area contributed by atoms with Gasteiger partial charge in [-0.05, 0) is 12.1 Å². The molecule has 0 aliphatic heterocycles. The van der Waals surface area contributed by atoms with Gasteiger partial charge in [-0.2, -0.15) is 65.9 Å². The van der Waals surface area contributed by atoms with Crippen molar-refractivity contribution in [1.82, 2.24) is 4.98 Å². The summed E-state index contributed by atoms with van der Waals surface area (Å²) in [5.74, 6) is -48.1. The highest BCUT2D eigenvalue weighted by Crippen LogP contribution is 2.62. The summed E-state index contributed by atoms with van der Waals surface area (Å²) in [6.07, 6.45) is -6.91. The number of nitrogens with zero attached hydrogens (tertiary/aromatic N) is 1. The maximum atomic E-state index is 13.5. The van der Waals surface area contributed by atoms with Crippen LogP contribution in [0, 0.1) is 0 Å². The van der Waals surface area contributed by atoms with Crippen molar-refractivity contribution in [3.63, 3.8) is 0 Å². The van der Waals surface area contributed by atoms with E-state index >= 15 is 0 Å². The Morgan fingerprint density at radius 2 is 1.10 bits per heavy atom. The smallest absolute Gasteiger partial charge is 0.460 e. The highest BCUT2D eigenvalue weighted by atomic mass is 35.5. The zero-order chi connectivity index (χ0) is 24.9. The maximum Gasteiger partial charge on any atom is 0.460 e. The third kappa shape index (κ3) is 4.04. The normalized spacial score (nSPS) is 15.2. The van der Waals surface area contributed by atoms with Gasteiger partial charge in [0.25, 0.3) is 0 Å². The number of ether oxygens (including phenoxy) is 1. The van der Waals surface area contributed by atoms with Crippen LogP contribution in [0.2, 0.25) is 5.02 Å². The van der Waals surface area contributed by atoms with Crippen LogP contribution in [-0.2, 0) is 0 Å². The van der Waals surface area contributed by atoms with Crippen molar-refractivity contribution >= 4 is 11.6 Å². The van der Waals surface area contributed by atoms with Gasteiger partial charge in [0.1, 0.15) is 5.02 Å². The van der Waals surface area contributed by atoms with Crippen molar-refractivity contribution in [2.45, 2.75) is 41.7 Å². The molecule has 1 heterocycles. The van der Waals surface area contributed by atoms with E-state index in [0.717, 1.165) is 18.3 Å². The number of rotatable bonds is 8. The van der Waals surface area contributed by atoms with Crippen LogP contribution in [0.4, 0.5) is 65.9 Å². The minimum absolute atomic E-state index is 0.699. The molecule has 0 aromatic carbocycles. The van der Waals surface area contributed by atoms with Gasteiger partial charge >= 0.3 is 41.7 Å². The van der Waals surface area contributed by atoms with Gasteiger partial charge in [0.15, 0.2) is 6.61 Å². The average Bonchev–Trinajstić information content (AvgIpc) is 2.59. The first kappa shape index (κ1) is 27.2. The first-order chi connectivity index (χ1) is 13.5. The quantitative estimate of drug-likeness (QED) is 0.373. The zero-order valence-corrected chi connectivity index (χ0v) is 14.6. The van der Waals surface area contributed by atoms with Gasteiger partial charge in [-0.3, -0.25) is 0 Å². The lowest BCUT2D eigenvalue weighted by molar-refractivity contribution is -0.453. The van der Waals surface area contributed by atoms with E-state index in [0.29, 0.717) is 0 Å². The molecule has 1 aromatic heterocycles. The molecule has 0 saturated carbocycles. The summed E-state index contributed by atoms with van der Waals surface area (Å²) in [5.41, 5.74) is 0. The van der Waals surface area contributed by atoms with E-state index in [2.05, 4.69) is 9.72 Å². The molecular formula is C13H5ClF15NO. The van der Waals surface area contributed by atoms with E-state index in [1.807, 2.05) is 0 Å². The Kier molecular flexibility index (Phi) is 6.72. The molecule has 180 valence electrons. The lowest BCUT2D eigenvalue weighted by atomic mass is 9.91. The Hall–Kier alpha value is -1.81. The first-order valence-corrected chi connectivity index (χ1v) is 7.44. The average molecular weight is 512 g/mol. The van der Waals surface area contributed by atoms with Crippen LogP contribution in [-0.4, -0.2) is 53.3 Å². The second-order valence-electron chi connectivity index (χ2n) is 5.65. The molecule has 1 aromatic rings. The van der Waals surface area contributed by atoms with E-state index in [4.69, 9.17) is 11.6 Å². The molecule has 0 amide bonds. The Balaban J connectivity index is 3.39. The number of alkyl halides is 15. The van der Waals surface area contributed by atoms with E-state index in [1.165, 1.54) is 0 Å². The minimum atomic E-state index is -8.34. The summed E-state index contributed by atoms with van der Waals surface area (Å²) < 4.78 is 199. The second kappa shape index (κ2) is 7.65. The molecule has 0 aliphatic rings. The number of hydrogen-bond donors (Lipinski definition) is 0. The van der Waals surface area contributed by atoms with Gasteiger partial charge in [-0.1, -0.05) is 11.6 Å². The molecule has 0 spiro atoms. The maximum absolute atomic E-state index is 13.5. The first-order valence-electron chi connectivity index (χ1n) is 7.06. The highest BCUT2D eigenvalue weighted by Gasteiger charge is 2.93. The molecule has 0 N–H and O–H groups in total. The van der Waals surface area contributed by atoms with Crippen molar-refractivity contribution < 1.29 is 70.6 Å². The van der Waals surface area contributed by atoms with Crippen LogP contribution in [0.5, 0.6) is 5.88 Å². The molecule has 1 rings (SSSR count). The number of hydrogen-bond acceptors (Lipinski definition) is 2. The fraction of sp³-hybridized carbons (Fsp3) is 0.615. The Bertz CT molecular complexity index is 791. The van der Waals surface area contributed by atoms with Gasteiger partial charge in [0, 0.05) is 6.20 Å². The van der Waals surface area contributed by atoms with E-state index in [1.54, 1.807) is 0 Å². The summed E-state index contributed by atoms with van der Waals surface area (Å²) in [6.45, 7) is -3.00. The molecule has 31 heavy (non-hydrogen) atoms. The molecule has 0 atom stereocenters. The monoisotopic (exact) mass is 511 g/mol. The predicted octanol–water partition coefficient (Wildman–Crippen LogP) is 6.49. The molecule has 18 heteroatoms. The van der Waals surface area contributed by atoms with Gasteiger partial charge in [0.05, 0.1) is 0 Å². The largest absolute Gasteiger partial charge is 0.470 e. The zero-order valence-electron chi connectivity index (χ0n) is 13.8. The lowest BCUT2D eigenvalue weighted by Crippen LogP contribution is -2.73. The van der Waals surface area contributed by atoms with Crippen LogP contribution in [0.1, 0.15) is 0 Å². The Morgan fingerprint density at radius 1 is 0.677 bits per heavy atom. The standard InChI is InChI=1S/C13H5ClF15NO/c14-5-2-1-3-30-6(5)31-4-7(15,16)8(17,18)9(19,20)10(21,22)11(23,24)12(25,26)13(27,28)29/h1-3H,4H2. The number of halogens is 16. The van der Waals surface area contributed by atoms with Gasteiger partial charge in [-0.15, -0.1) is 0 Å².